The van der Waals surface area contributed by atoms with Gasteiger partial charge in [-0.05, 0) is 29.7 Å². The van der Waals surface area contributed by atoms with E-state index in [1.165, 1.54) is 6.20 Å². The standard InChI is InChI=1S/C16H18BrN2O4P/c17-14-4-2-1-3-12(14)9-24(22,23)10-13(16(20)21)7-11-5-6-15(18)19-8-11/h1-6,8,13H,7,9-10H2,(H2,18,19)(H,20,21)(H,22,23). The van der Waals surface area contributed by atoms with Gasteiger partial charge in [-0.3, -0.25) is 9.36 Å². The maximum absolute atomic E-state index is 12.5. The van der Waals surface area contributed by atoms with Gasteiger partial charge in [0.2, 0.25) is 7.37 Å². The van der Waals surface area contributed by atoms with Crippen molar-refractivity contribution in [2.45, 2.75) is 12.6 Å². The van der Waals surface area contributed by atoms with Crippen molar-refractivity contribution in [3.05, 3.63) is 58.2 Å². The second-order valence-corrected chi connectivity index (χ2v) is 8.84. The van der Waals surface area contributed by atoms with Crippen LogP contribution in [0.15, 0.2) is 47.1 Å². The van der Waals surface area contributed by atoms with Crippen molar-refractivity contribution in [2.24, 2.45) is 5.92 Å². The lowest BCUT2D eigenvalue weighted by Gasteiger charge is -2.18. The number of benzene rings is 1. The monoisotopic (exact) mass is 412 g/mol. The first kappa shape index (κ1) is 18.6. The summed E-state index contributed by atoms with van der Waals surface area (Å²) in [4.78, 5) is 25.7. The minimum atomic E-state index is -3.65. The number of aliphatic carboxylic acids is 1. The molecule has 2 unspecified atom stereocenters. The number of rotatable bonds is 7. The van der Waals surface area contributed by atoms with Gasteiger partial charge in [-0.2, -0.15) is 0 Å². The Morgan fingerprint density at radius 2 is 2.00 bits per heavy atom. The lowest BCUT2D eigenvalue weighted by atomic mass is 10.0. The van der Waals surface area contributed by atoms with Crippen LogP contribution in [0.3, 0.4) is 0 Å². The van der Waals surface area contributed by atoms with Gasteiger partial charge in [0, 0.05) is 16.8 Å². The lowest BCUT2D eigenvalue weighted by molar-refractivity contribution is -0.141. The third-order valence-electron chi connectivity index (χ3n) is 3.56. The summed E-state index contributed by atoms with van der Waals surface area (Å²) >= 11 is 3.34. The van der Waals surface area contributed by atoms with Crippen molar-refractivity contribution >= 4 is 35.1 Å². The number of hydrogen-bond acceptors (Lipinski definition) is 4. The average molecular weight is 413 g/mol. The summed E-state index contributed by atoms with van der Waals surface area (Å²) < 4.78 is 13.3. The molecule has 0 saturated carbocycles. The minimum absolute atomic E-state index is 0.0712. The summed E-state index contributed by atoms with van der Waals surface area (Å²) in [6, 6.07) is 10.4. The van der Waals surface area contributed by atoms with Gasteiger partial charge in [0.25, 0.3) is 0 Å². The highest BCUT2D eigenvalue weighted by Crippen LogP contribution is 2.47. The first-order valence-corrected chi connectivity index (χ1v) is 10.1. The number of carboxylic acid groups (broad SMARTS) is 1. The SMILES string of the molecule is Nc1ccc(CC(CP(=O)(O)Cc2ccccc2Br)C(=O)O)cn1. The molecule has 6 nitrogen and oxygen atoms in total. The number of carboxylic acids is 1. The molecular formula is C16H18BrN2O4P. The van der Waals surface area contributed by atoms with E-state index in [-0.39, 0.29) is 18.7 Å². The lowest BCUT2D eigenvalue weighted by Crippen LogP contribution is -2.21. The molecule has 24 heavy (non-hydrogen) atoms. The second-order valence-electron chi connectivity index (χ2n) is 5.61. The van der Waals surface area contributed by atoms with Gasteiger partial charge in [-0.25, -0.2) is 4.98 Å². The number of nitrogen functional groups attached to an aromatic ring is 1. The normalized spacial score (nSPS) is 14.8. The Morgan fingerprint density at radius 3 is 2.58 bits per heavy atom. The molecule has 128 valence electrons. The Bertz CT molecular complexity index is 767. The molecule has 1 heterocycles. The van der Waals surface area contributed by atoms with E-state index in [0.717, 1.165) is 4.47 Å². The van der Waals surface area contributed by atoms with E-state index in [9.17, 15) is 19.4 Å². The third-order valence-corrected chi connectivity index (χ3v) is 6.18. The van der Waals surface area contributed by atoms with Crippen LogP contribution in [0.25, 0.3) is 0 Å². The molecule has 1 aromatic carbocycles. The molecule has 0 spiro atoms. The molecule has 0 saturated heterocycles. The Hall–Kier alpha value is -1.69. The molecule has 2 atom stereocenters. The van der Waals surface area contributed by atoms with E-state index in [1.807, 2.05) is 6.07 Å². The van der Waals surface area contributed by atoms with E-state index >= 15 is 0 Å². The van der Waals surface area contributed by atoms with E-state index in [0.29, 0.717) is 16.9 Å². The summed E-state index contributed by atoms with van der Waals surface area (Å²) in [5.74, 6) is -1.73. The van der Waals surface area contributed by atoms with Crippen LogP contribution < -0.4 is 5.73 Å². The van der Waals surface area contributed by atoms with Crippen molar-refractivity contribution in [1.29, 1.82) is 0 Å². The van der Waals surface area contributed by atoms with Crippen molar-refractivity contribution in [3.8, 4) is 0 Å². The Labute approximate surface area is 148 Å². The molecule has 0 amide bonds. The van der Waals surface area contributed by atoms with Gasteiger partial charge in [0.05, 0.1) is 12.1 Å². The van der Waals surface area contributed by atoms with Crippen LogP contribution in [0.4, 0.5) is 5.82 Å². The minimum Gasteiger partial charge on any atom is -0.481 e. The number of nitrogens with zero attached hydrogens (tertiary/aromatic N) is 1. The number of carbonyl (C=O) groups is 1. The van der Waals surface area contributed by atoms with Gasteiger partial charge in [0.1, 0.15) is 5.82 Å². The van der Waals surface area contributed by atoms with E-state index in [1.54, 1.807) is 30.3 Å². The zero-order valence-electron chi connectivity index (χ0n) is 12.8. The molecule has 0 bridgehead atoms. The van der Waals surface area contributed by atoms with Gasteiger partial charge >= 0.3 is 5.97 Å². The number of pyridine rings is 1. The zero-order chi connectivity index (χ0) is 17.7. The number of nitrogens with two attached hydrogens (primary N) is 1. The first-order valence-electron chi connectivity index (χ1n) is 7.24. The Balaban J connectivity index is 2.11. The van der Waals surface area contributed by atoms with Crippen LogP contribution in [0.1, 0.15) is 11.1 Å². The molecule has 0 radical (unpaired) electrons. The van der Waals surface area contributed by atoms with Crippen LogP contribution >= 0.6 is 23.3 Å². The van der Waals surface area contributed by atoms with Crippen molar-refractivity contribution in [1.82, 2.24) is 4.98 Å². The van der Waals surface area contributed by atoms with Crippen molar-refractivity contribution in [2.75, 3.05) is 11.9 Å². The summed E-state index contributed by atoms with van der Waals surface area (Å²) in [5, 5.41) is 9.39. The highest BCUT2D eigenvalue weighted by molar-refractivity contribution is 9.10. The molecular weight excluding hydrogens is 395 g/mol. The van der Waals surface area contributed by atoms with E-state index in [2.05, 4.69) is 20.9 Å². The van der Waals surface area contributed by atoms with Crippen LogP contribution in [0, 0.1) is 5.92 Å². The van der Waals surface area contributed by atoms with E-state index < -0.39 is 19.3 Å². The molecule has 1 aromatic heterocycles. The van der Waals surface area contributed by atoms with E-state index in [4.69, 9.17) is 5.73 Å². The predicted octanol–water partition coefficient (Wildman–Crippen LogP) is 3.14. The van der Waals surface area contributed by atoms with Crippen LogP contribution in [-0.2, 0) is 21.9 Å². The van der Waals surface area contributed by atoms with Gasteiger partial charge in [0.15, 0.2) is 0 Å². The maximum Gasteiger partial charge on any atom is 0.307 e. The zero-order valence-corrected chi connectivity index (χ0v) is 15.3. The summed E-state index contributed by atoms with van der Waals surface area (Å²) in [6.07, 6.45) is 1.25. The summed E-state index contributed by atoms with van der Waals surface area (Å²) in [5.41, 5.74) is 6.85. The number of anilines is 1. The van der Waals surface area contributed by atoms with Crippen LogP contribution in [0.2, 0.25) is 0 Å². The van der Waals surface area contributed by atoms with Crippen molar-refractivity contribution in [3.63, 3.8) is 0 Å². The Morgan fingerprint density at radius 1 is 1.29 bits per heavy atom. The highest BCUT2D eigenvalue weighted by atomic mass is 79.9. The molecule has 0 aliphatic carbocycles. The number of halogens is 1. The van der Waals surface area contributed by atoms with Crippen molar-refractivity contribution < 1.29 is 19.4 Å². The summed E-state index contributed by atoms with van der Waals surface area (Å²) in [6.45, 7) is 0. The second kappa shape index (κ2) is 7.92. The average Bonchev–Trinajstić information content (AvgIpc) is 2.50. The number of hydrogen-bond donors (Lipinski definition) is 3. The van der Waals surface area contributed by atoms with Gasteiger partial charge in [-0.15, -0.1) is 0 Å². The molecule has 2 rings (SSSR count). The topological polar surface area (TPSA) is 114 Å². The molecule has 2 aromatic rings. The Kier molecular flexibility index (Phi) is 6.15. The molecule has 0 fully saturated rings. The predicted molar refractivity (Wildman–Crippen MR) is 96.0 cm³/mol. The van der Waals surface area contributed by atoms with Gasteiger partial charge < -0.3 is 15.7 Å². The first-order chi connectivity index (χ1) is 11.3. The maximum atomic E-state index is 12.5. The molecule has 0 aliphatic heterocycles. The molecule has 4 N–H and O–H groups in total. The van der Waals surface area contributed by atoms with Crippen LogP contribution in [0.5, 0.6) is 0 Å². The fraction of sp³-hybridized carbons (Fsp3) is 0.250. The quantitative estimate of drug-likeness (QED) is 0.601. The largest absolute Gasteiger partial charge is 0.481 e. The van der Waals surface area contributed by atoms with Crippen LogP contribution in [-0.4, -0.2) is 27.1 Å². The molecule has 8 heteroatoms. The molecule has 0 aliphatic rings. The fourth-order valence-corrected chi connectivity index (χ4v) is 4.93. The highest BCUT2D eigenvalue weighted by Gasteiger charge is 2.29. The van der Waals surface area contributed by atoms with Gasteiger partial charge in [-0.1, -0.05) is 40.2 Å². The third kappa shape index (κ3) is 5.44. The number of aromatic nitrogens is 1. The smallest absolute Gasteiger partial charge is 0.307 e. The summed E-state index contributed by atoms with van der Waals surface area (Å²) in [7, 11) is -3.65. The fourth-order valence-electron chi connectivity index (χ4n) is 2.37.